The predicted molar refractivity (Wildman–Crippen MR) is 147 cm³/mol. The molecule has 10 heteroatoms. The van der Waals surface area contributed by atoms with E-state index in [0.29, 0.717) is 0 Å². The fraction of sp³-hybridized carbons (Fsp3) is 0.345. The molecule has 208 valence electrons. The Hall–Kier alpha value is -2.73. The maximum atomic E-state index is 12.3. The van der Waals surface area contributed by atoms with Gasteiger partial charge in [-0.1, -0.05) is 90.6 Å². The smallest absolute Gasteiger partial charge is 0.303 e. The van der Waals surface area contributed by atoms with Crippen LogP contribution in [0.2, 0.25) is 0 Å². The normalized spacial score (nSPS) is 23.3. The highest BCUT2D eigenvalue weighted by atomic mass is 32.2. The average molecular weight is 573 g/mol. The maximum Gasteiger partial charge on any atom is 0.303 e. The van der Waals surface area contributed by atoms with Gasteiger partial charge >= 0.3 is 5.97 Å². The molecule has 0 bridgehead atoms. The van der Waals surface area contributed by atoms with E-state index < -0.39 is 45.9 Å². The van der Waals surface area contributed by atoms with Gasteiger partial charge in [-0.15, -0.1) is 0 Å². The number of hydrogen-bond donors (Lipinski definition) is 0. The zero-order chi connectivity index (χ0) is 27.7. The lowest BCUT2D eigenvalue weighted by Crippen LogP contribution is -2.60. The van der Waals surface area contributed by atoms with E-state index >= 15 is 0 Å². The van der Waals surface area contributed by atoms with Crippen LogP contribution in [0.5, 0.6) is 0 Å². The first-order valence-corrected chi connectivity index (χ1v) is 15.2. The average Bonchev–Trinajstić information content (AvgIpc) is 2.92. The van der Waals surface area contributed by atoms with Crippen molar-refractivity contribution in [1.29, 1.82) is 0 Å². The molecule has 1 aliphatic rings. The summed E-state index contributed by atoms with van der Waals surface area (Å²) < 4.78 is 53.9. The summed E-state index contributed by atoms with van der Waals surface area (Å²) >= 11 is 1.35. The lowest BCUT2D eigenvalue weighted by Gasteiger charge is -2.45. The van der Waals surface area contributed by atoms with Crippen LogP contribution < -0.4 is 0 Å². The van der Waals surface area contributed by atoms with Crippen LogP contribution in [-0.2, 0) is 51.3 Å². The second-order valence-electron chi connectivity index (χ2n) is 9.06. The highest BCUT2D eigenvalue weighted by molar-refractivity contribution is 7.99. The highest BCUT2D eigenvalue weighted by Gasteiger charge is 2.50. The molecule has 1 saturated heterocycles. The van der Waals surface area contributed by atoms with Gasteiger partial charge in [-0.3, -0.25) is 8.98 Å². The van der Waals surface area contributed by atoms with E-state index in [0.717, 1.165) is 22.3 Å². The Morgan fingerprint density at radius 1 is 0.795 bits per heavy atom. The lowest BCUT2D eigenvalue weighted by molar-refractivity contribution is -0.244. The summed E-state index contributed by atoms with van der Waals surface area (Å²) in [5.74, 6) is -0.497. The summed E-state index contributed by atoms with van der Waals surface area (Å²) in [6, 6.07) is 28.7. The van der Waals surface area contributed by atoms with Gasteiger partial charge in [0.15, 0.2) is 6.10 Å². The van der Waals surface area contributed by atoms with Gasteiger partial charge in [-0.2, -0.15) is 8.42 Å². The van der Waals surface area contributed by atoms with Crippen LogP contribution in [0.3, 0.4) is 0 Å². The van der Waals surface area contributed by atoms with Gasteiger partial charge in [-0.05, 0) is 23.3 Å². The van der Waals surface area contributed by atoms with Gasteiger partial charge in [0, 0.05) is 11.8 Å². The van der Waals surface area contributed by atoms with Gasteiger partial charge in [0.1, 0.15) is 23.7 Å². The molecule has 8 nitrogen and oxygen atoms in total. The number of thioether (sulfide) groups is 1. The van der Waals surface area contributed by atoms with Crippen LogP contribution in [0.25, 0.3) is 0 Å². The molecule has 0 saturated carbocycles. The van der Waals surface area contributed by atoms with Crippen molar-refractivity contribution in [3.63, 3.8) is 0 Å². The first kappa shape index (κ1) is 29.3. The lowest BCUT2D eigenvalue weighted by atomic mass is 9.99. The SMILES string of the molecule is CC(=O)O[C@@H]1[C@@H](OCc2ccccc2)[C@H](OCc2ccccc2)[C@@H](COS(C)(=O)=O)O[C@H]1Sc1ccccc1. The number of benzene rings is 3. The standard InChI is InChI=1S/C29H32O8S2/c1-21(30)36-28-27(34-19-23-14-8-4-9-15-23)26(33-18-22-12-6-3-7-13-22)25(20-35-39(2,31)32)37-29(28)38-24-16-10-5-11-17-24/h3-17,25-29H,18-20H2,1-2H3/t25-,26-,27+,28-,29+/m1/s1. The molecule has 0 N–H and O–H groups in total. The van der Waals surface area contributed by atoms with Crippen molar-refractivity contribution in [2.24, 2.45) is 0 Å². The van der Waals surface area contributed by atoms with E-state index in [9.17, 15) is 13.2 Å². The number of esters is 1. The van der Waals surface area contributed by atoms with E-state index in [4.69, 9.17) is 23.1 Å². The van der Waals surface area contributed by atoms with Crippen molar-refractivity contribution in [2.75, 3.05) is 12.9 Å². The zero-order valence-corrected chi connectivity index (χ0v) is 23.4. The Morgan fingerprint density at radius 3 is 1.82 bits per heavy atom. The number of rotatable bonds is 12. The Kier molecular flexibility index (Phi) is 10.6. The topological polar surface area (TPSA) is 97.4 Å². The van der Waals surface area contributed by atoms with Crippen LogP contribution in [-0.4, -0.2) is 57.1 Å². The molecule has 0 aromatic heterocycles. The number of carbonyl (C=O) groups is 1. The molecule has 1 heterocycles. The van der Waals surface area contributed by atoms with Crippen molar-refractivity contribution in [2.45, 2.75) is 54.9 Å². The monoisotopic (exact) mass is 572 g/mol. The minimum atomic E-state index is -3.76. The third-order valence-electron chi connectivity index (χ3n) is 5.91. The van der Waals surface area contributed by atoms with Gasteiger partial charge < -0.3 is 18.9 Å². The summed E-state index contributed by atoms with van der Waals surface area (Å²) in [4.78, 5) is 13.1. The zero-order valence-electron chi connectivity index (χ0n) is 21.8. The van der Waals surface area contributed by atoms with Crippen molar-refractivity contribution >= 4 is 27.8 Å². The Bertz CT molecular complexity index is 1270. The van der Waals surface area contributed by atoms with Crippen LogP contribution >= 0.6 is 11.8 Å². The van der Waals surface area contributed by atoms with Gasteiger partial charge in [0.05, 0.1) is 26.1 Å². The highest BCUT2D eigenvalue weighted by Crippen LogP contribution is 2.38. The Balaban J connectivity index is 1.68. The molecule has 1 aliphatic heterocycles. The summed E-state index contributed by atoms with van der Waals surface area (Å²) in [5, 5.41) is 0. The van der Waals surface area contributed by atoms with Crippen LogP contribution in [0.15, 0.2) is 95.9 Å². The first-order valence-electron chi connectivity index (χ1n) is 12.5. The van der Waals surface area contributed by atoms with Crippen LogP contribution in [0.1, 0.15) is 18.1 Å². The molecular formula is C29H32O8S2. The quantitative estimate of drug-likeness (QED) is 0.228. The number of carbonyl (C=O) groups excluding carboxylic acids is 1. The molecule has 4 rings (SSSR count). The molecule has 0 aliphatic carbocycles. The summed E-state index contributed by atoms with van der Waals surface area (Å²) in [7, 11) is -3.76. The second kappa shape index (κ2) is 14.1. The van der Waals surface area contributed by atoms with Gasteiger partial charge in [0.2, 0.25) is 0 Å². The maximum absolute atomic E-state index is 12.3. The fourth-order valence-electron chi connectivity index (χ4n) is 4.17. The summed E-state index contributed by atoms with van der Waals surface area (Å²) in [5.41, 5.74) is 1.11. The molecule has 3 aromatic carbocycles. The minimum Gasteiger partial charge on any atom is -0.456 e. The van der Waals surface area contributed by atoms with Crippen molar-refractivity contribution in [1.82, 2.24) is 0 Å². The van der Waals surface area contributed by atoms with Crippen molar-refractivity contribution < 1.29 is 36.3 Å². The molecule has 0 amide bonds. The van der Waals surface area contributed by atoms with Crippen LogP contribution in [0, 0.1) is 0 Å². The molecule has 0 spiro atoms. The molecular weight excluding hydrogens is 540 g/mol. The van der Waals surface area contributed by atoms with Crippen molar-refractivity contribution in [3.05, 3.63) is 102 Å². The number of hydrogen-bond acceptors (Lipinski definition) is 9. The molecule has 3 aromatic rings. The molecule has 0 unspecified atom stereocenters. The van der Waals surface area contributed by atoms with Crippen LogP contribution in [0.4, 0.5) is 0 Å². The molecule has 0 radical (unpaired) electrons. The third-order valence-corrected chi connectivity index (χ3v) is 7.63. The van der Waals surface area contributed by atoms with Gasteiger partial charge in [-0.25, -0.2) is 0 Å². The summed E-state index contributed by atoms with van der Waals surface area (Å²) in [6.45, 7) is 1.47. The molecule has 5 atom stereocenters. The first-order chi connectivity index (χ1) is 18.8. The van der Waals surface area contributed by atoms with Gasteiger partial charge in [0.25, 0.3) is 10.1 Å². The number of ether oxygens (including phenoxy) is 4. The van der Waals surface area contributed by atoms with E-state index in [1.807, 2.05) is 91.0 Å². The van der Waals surface area contributed by atoms with E-state index in [-0.39, 0.29) is 19.8 Å². The fourth-order valence-corrected chi connectivity index (χ4v) is 5.68. The Labute approximate surface area is 233 Å². The van der Waals surface area contributed by atoms with E-state index in [2.05, 4.69) is 0 Å². The largest absolute Gasteiger partial charge is 0.456 e. The minimum absolute atomic E-state index is 0.207. The second-order valence-corrected chi connectivity index (χ2v) is 11.9. The third kappa shape index (κ3) is 9.16. The van der Waals surface area contributed by atoms with E-state index in [1.165, 1.54) is 18.7 Å². The van der Waals surface area contributed by atoms with Crippen molar-refractivity contribution in [3.8, 4) is 0 Å². The Morgan fingerprint density at radius 2 is 1.31 bits per heavy atom. The molecule has 1 fully saturated rings. The summed E-state index contributed by atoms with van der Waals surface area (Å²) in [6.07, 6.45) is -2.31. The predicted octanol–water partition coefficient (Wildman–Crippen LogP) is 4.58. The molecule has 39 heavy (non-hydrogen) atoms. The van der Waals surface area contributed by atoms with E-state index in [1.54, 1.807) is 0 Å².